The predicted molar refractivity (Wildman–Crippen MR) is 91.8 cm³/mol. The summed E-state index contributed by atoms with van der Waals surface area (Å²) in [6, 6.07) is 17.7. The van der Waals surface area contributed by atoms with Gasteiger partial charge in [-0.15, -0.1) is 0 Å². The van der Waals surface area contributed by atoms with Gasteiger partial charge in [-0.1, -0.05) is 18.2 Å². The molecule has 0 saturated heterocycles. The second-order valence-electron chi connectivity index (χ2n) is 5.35. The highest BCUT2D eigenvalue weighted by molar-refractivity contribution is 5.57. The van der Waals surface area contributed by atoms with Gasteiger partial charge < -0.3 is 9.26 Å². The third kappa shape index (κ3) is 3.23. The minimum Gasteiger partial charge on any atom is -0.424 e. The summed E-state index contributed by atoms with van der Waals surface area (Å²) in [5.41, 5.74) is 0.782. The Morgan fingerprint density at radius 1 is 1.00 bits per heavy atom. The molecule has 128 valence electrons. The highest BCUT2D eigenvalue weighted by atomic mass is 19.1. The molecular weight excluding hydrogens is 337 g/mol. The van der Waals surface area contributed by atoms with E-state index in [1.54, 1.807) is 18.2 Å². The van der Waals surface area contributed by atoms with Crippen LogP contribution in [0.25, 0.3) is 17.1 Å². The molecule has 0 fully saturated rings. The molecule has 2 aromatic heterocycles. The van der Waals surface area contributed by atoms with E-state index in [2.05, 4.69) is 9.97 Å². The van der Waals surface area contributed by atoms with Gasteiger partial charge in [-0.2, -0.15) is 9.72 Å². The largest absolute Gasteiger partial charge is 0.424 e. The quantitative estimate of drug-likeness (QED) is 0.560. The fraction of sp³-hybridized carbons (Fsp3) is 0. The van der Waals surface area contributed by atoms with Gasteiger partial charge in [0.15, 0.2) is 0 Å². The fourth-order valence-corrected chi connectivity index (χ4v) is 2.41. The van der Waals surface area contributed by atoms with Gasteiger partial charge in [0, 0.05) is 6.20 Å². The van der Waals surface area contributed by atoms with Crippen molar-refractivity contribution in [3.63, 3.8) is 0 Å². The van der Waals surface area contributed by atoms with Gasteiger partial charge in [-0.25, -0.2) is 14.2 Å². The van der Waals surface area contributed by atoms with E-state index in [0.29, 0.717) is 22.8 Å². The molecule has 6 nitrogen and oxygen atoms in total. The molecule has 0 spiro atoms. The summed E-state index contributed by atoms with van der Waals surface area (Å²) in [4.78, 5) is 20.2. The Kier molecular flexibility index (Phi) is 4.03. The number of hydrogen-bond donors (Lipinski definition) is 0. The average molecular weight is 349 g/mol. The van der Waals surface area contributed by atoms with Crippen molar-refractivity contribution in [2.24, 2.45) is 0 Å². The van der Waals surface area contributed by atoms with Gasteiger partial charge in [-0.05, 0) is 42.5 Å². The van der Waals surface area contributed by atoms with Crippen LogP contribution in [0.4, 0.5) is 4.39 Å². The highest BCUT2D eigenvalue weighted by Crippen LogP contribution is 2.23. The van der Waals surface area contributed by atoms with E-state index >= 15 is 0 Å². The molecule has 0 atom stereocenters. The maximum Gasteiger partial charge on any atom is 0.358 e. The summed E-state index contributed by atoms with van der Waals surface area (Å²) >= 11 is 0. The Labute approximate surface area is 147 Å². The van der Waals surface area contributed by atoms with Gasteiger partial charge in [0.05, 0.1) is 17.4 Å². The Bertz CT molecular complexity index is 1090. The van der Waals surface area contributed by atoms with Crippen LogP contribution in [0, 0.1) is 5.82 Å². The number of hydrogen-bond acceptors (Lipinski definition) is 5. The first-order chi connectivity index (χ1) is 12.7. The van der Waals surface area contributed by atoms with E-state index in [1.807, 2.05) is 18.2 Å². The van der Waals surface area contributed by atoms with Crippen molar-refractivity contribution < 1.29 is 13.7 Å². The molecule has 4 aromatic rings. The van der Waals surface area contributed by atoms with E-state index in [4.69, 9.17) is 9.26 Å². The molecule has 0 aliphatic carbocycles. The molecule has 0 unspecified atom stereocenters. The van der Waals surface area contributed by atoms with Gasteiger partial charge >= 0.3 is 11.6 Å². The minimum atomic E-state index is -0.548. The number of nitrogens with zero attached hydrogens (tertiary/aromatic N) is 3. The first kappa shape index (κ1) is 15.8. The maximum atomic E-state index is 13.2. The number of ether oxygens (including phenoxy) is 1. The van der Waals surface area contributed by atoms with Crippen molar-refractivity contribution >= 4 is 0 Å². The standard InChI is InChI=1S/C19H12FN3O3/c20-13-6-8-14(9-7-13)23-17(12-18(24)26-23)16-10-11-21-19(22-16)25-15-4-2-1-3-5-15/h1-12H. The Morgan fingerprint density at radius 3 is 2.54 bits per heavy atom. The van der Waals surface area contributed by atoms with E-state index < -0.39 is 5.63 Å². The highest BCUT2D eigenvalue weighted by Gasteiger charge is 2.14. The van der Waals surface area contributed by atoms with Crippen LogP contribution in [-0.4, -0.2) is 14.7 Å². The summed E-state index contributed by atoms with van der Waals surface area (Å²) in [6.45, 7) is 0. The molecule has 26 heavy (non-hydrogen) atoms. The van der Waals surface area contributed by atoms with Crippen molar-refractivity contribution in [2.45, 2.75) is 0 Å². The van der Waals surface area contributed by atoms with Gasteiger partial charge in [0.1, 0.15) is 17.3 Å². The fourth-order valence-electron chi connectivity index (χ4n) is 2.41. The van der Waals surface area contributed by atoms with Crippen LogP contribution in [0.15, 0.2) is 82.2 Å². The first-order valence-corrected chi connectivity index (χ1v) is 7.75. The number of rotatable bonds is 4. The molecule has 0 bridgehead atoms. The van der Waals surface area contributed by atoms with Crippen LogP contribution in [0.2, 0.25) is 0 Å². The van der Waals surface area contributed by atoms with Crippen LogP contribution in [0.3, 0.4) is 0 Å². The Morgan fingerprint density at radius 2 is 1.77 bits per heavy atom. The lowest BCUT2D eigenvalue weighted by Crippen LogP contribution is -1.99. The third-order valence-corrected chi connectivity index (χ3v) is 3.56. The second-order valence-corrected chi connectivity index (χ2v) is 5.35. The van der Waals surface area contributed by atoms with Gasteiger partial charge in [0.25, 0.3) is 0 Å². The lowest BCUT2D eigenvalue weighted by Gasteiger charge is -2.07. The van der Waals surface area contributed by atoms with E-state index in [1.165, 1.54) is 41.3 Å². The van der Waals surface area contributed by atoms with Crippen molar-refractivity contribution in [1.29, 1.82) is 0 Å². The molecule has 4 rings (SSSR count). The van der Waals surface area contributed by atoms with Crippen LogP contribution < -0.4 is 10.4 Å². The number of halogens is 1. The third-order valence-electron chi connectivity index (χ3n) is 3.56. The van der Waals surface area contributed by atoms with E-state index in [-0.39, 0.29) is 11.8 Å². The van der Waals surface area contributed by atoms with Crippen LogP contribution in [0.1, 0.15) is 0 Å². The lowest BCUT2D eigenvalue weighted by atomic mass is 10.2. The molecule has 2 heterocycles. The van der Waals surface area contributed by atoms with Crippen LogP contribution in [-0.2, 0) is 0 Å². The normalized spacial score (nSPS) is 10.7. The Hall–Kier alpha value is -3.74. The molecule has 0 saturated carbocycles. The molecule has 0 amide bonds. The zero-order chi connectivity index (χ0) is 17.9. The molecule has 7 heteroatoms. The monoisotopic (exact) mass is 349 g/mol. The maximum absolute atomic E-state index is 13.2. The summed E-state index contributed by atoms with van der Waals surface area (Å²) < 4.78 is 25.2. The number of benzene rings is 2. The lowest BCUT2D eigenvalue weighted by molar-refractivity contribution is 0.326. The van der Waals surface area contributed by atoms with Crippen LogP contribution in [0.5, 0.6) is 11.8 Å². The van der Waals surface area contributed by atoms with E-state index in [9.17, 15) is 9.18 Å². The molecule has 0 radical (unpaired) electrons. The first-order valence-electron chi connectivity index (χ1n) is 7.75. The molecule has 0 aliphatic heterocycles. The zero-order valence-corrected chi connectivity index (χ0v) is 13.4. The van der Waals surface area contributed by atoms with Gasteiger partial charge in [0.2, 0.25) is 0 Å². The predicted octanol–water partition coefficient (Wildman–Crippen LogP) is 3.82. The topological polar surface area (TPSA) is 70.2 Å². The molecule has 0 N–H and O–H groups in total. The summed E-state index contributed by atoms with van der Waals surface area (Å²) in [5, 5.41) is 0. The SMILES string of the molecule is O=c1cc(-c2ccnc(Oc3ccccc3)n2)n(-c2ccc(F)cc2)o1. The molecule has 2 aromatic carbocycles. The van der Waals surface area contributed by atoms with Crippen LogP contribution >= 0.6 is 0 Å². The van der Waals surface area contributed by atoms with E-state index in [0.717, 1.165) is 0 Å². The van der Waals surface area contributed by atoms with Crippen molar-refractivity contribution in [3.05, 3.63) is 89.2 Å². The summed E-state index contributed by atoms with van der Waals surface area (Å²) in [6.07, 6.45) is 1.52. The number of aromatic nitrogens is 3. The Balaban J connectivity index is 1.73. The molecular formula is C19H12FN3O3. The number of para-hydroxylation sites is 1. The summed E-state index contributed by atoms with van der Waals surface area (Å²) in [7, 11) is 0. The average Bonchev–Trinajstić information content (AvgIpc) is 3.05. The second kappa shape index (κ2) is 6.64. The van der Waals surface area contributed by atoms with Crippen molar-refractivity contribution in [3.8, 4) is 28.8 Å². The van der Waals surface area contributed by atoms with Crippen molar-refractivity contribution in [2.75, 3.05) is 0 Å². The van der Waals surface area contributed by atoms with Gasteiger partial charge in [-0.3, -0.25) is 0 Å². The summed E-state index contributed by atoms with van der Waals surface area (Å²) in [5.74, 6) is 0.207. The minimum absolute atomic E-state index is 0.132. The smallest absolute Gasteiger partial charge is 0.358 e. The molecule has 0 aliphatic rings. The zero-order valence-electron chi connectivity index (χ0n) is 13.4. The van der Waals surface area contributed by atoms with Crippen molar-refractivity contribution in [1.82, 2.24) is 14.7 Å².